The Morgan fingerprint density at radius 1 is 1.12 bits per heavy atom. The number of carbonyl (C=O) groups excluding carboxylic acids is 2. The third kappa shape index (κ3) is 4.38. The van der Waals surface area contributed by atoms with Gasteiger partial charge in [-0.2, -0.15) is 0 Å². The molecule has 1 fully saturated rings. The molecular weight excluding hydrogens is 334 g/mol. The Kier molecular flexibility index (Phi) is 5.17. The summed E-state index contributed by atoms with van der Waals surface area (Å²) in [5, 5.41) is 14.3. The molecule has 0 bridgehead atoms. The SMILES string of the molecule is O=C(Nc1cccc(C(=O)O)c1)NC1CC(=O)N(Cc2ccccc2)C1. The highest BCUT2D eigenvalue weighted by Gasteiger charge is 2.30. The smallest absolute Gasteiger partial charge is 0.335 e. The number of rotatable bonds is 5. The minimum absolute atomic E-state index is 0.00738. The van der Waals surface area contributed by atoms with Crippen LogP contribution in [0.5, 0.6) is 0 Å². The Labute approximate surface area is 150 Å². The number of benzene rings is 2. The van der Waals surface area contributed by atoms with Gasteiger partial charge in [-0.3, -0.25) is 4.79 Å². The van der Waals surface area contributed by atoms with Crippen LogP contribution in [0, 0.1) is 0 Å². The molecule has 1 heterocycles. The van der Waals surface area contributed by atoms with Gasteiger partial charge >= 0.3 is 12.0 Å². The van der Waals surface area contributed by atoms with Crippen LogP contribution in [0.1, 0.15) is 22.3 Å². The Morgan fingerprint density at radius 3 is 2.62 bits per heavy atom. The normalized spacial score (nSPS) is 16.4. The number of nitrogens with zero attached hydrogens (tertiary/aromatic N) is 1. The summed E-state index contributed by atoms with van der Waals surface area (Å²) in [5.41, 5.74) is 1.51. The van der Waals surface area contributed by atoms with E-state index in [0.717, 1.165) is 5.56 Å². The predicted octanol–water partition coefficient (Wildman–Crippen LogP) is 2.31. The van der Waals surface area contributed by atoms with E-state index in [4.69, 9.17) is 5.11 Å². The van der Waals surface area contributed by atoms with E-state index in [1.54, 1.807) is 17.0 Å². The topological polar surface area (TPSA) is 98.7 Å². The zero-order valence-electron chi connectivity index (χ0n) is 14.0. The van der Waals surface area contributed by atoms with Crippen LogP contribution in [0.4, 0.5) is 10.5 Å². The van der Waals surface area contributed by atoms with Crippen molar-refractivity contribution in [1.82, 2.24) is 10.2 Å². The van der Waals surface area contributed by atoms with Crippen LogP contribution in [-0.2, 0) is 11.3 Å². The summed E-state index contributed by atoms with van der Waals surface area (Å²) in [5.74, 6) is -1.07. The molecule has 1 unspecified atom stereocenters. The van der Waals surface area contributed by atoms with E-state index in [-0.39, 0.29) is 23.9 Å². The minimum atomic E-state index is -1.06. The summed E-state index contributed by atoms with van der Waals surface area (Å²) >= 11 is 0. The number of hydrogen-bond donors (Lipinski definition) is 3. The molecule has 0 aliphatic carbocycles. The van der Waals surface area contributed by atoms with Crippen LogP contribution in [0.3, 0.4) is 0 Å². The van der Waals surface area contributed by atoms with E-state index in [1.165, 1.54) is 12.1 Å². The minimum Gasteiger partial charge on any atom is -0.478 e. The van der Waals surface area contributed by atoms with Gasteiger partial charge in [-0.25, -0.2) is 9.59 Å². The monoisotopic (exact) mass is 353 g/mol. The van der Waals surface area contributed by atoms with Crippen molar-refractivity contribution >= 4 is 23.6 Å². The first-order chi connectivity index (χ1) is 12.5. The van der Waals surface area contributed by atoms with Gasteiger partial charge in [0, 0.05) is 25.2 Å². The van der Waals surface area contributed by atoms with E-state index < -0.39 is 12.0 Å². The van der Waals surface area contributed by atoms with Crippen molar-refractivity contribution in [3.63, 3.8) is 0 Å². The first-order valence-corrected chi connectivity index (χ1v) is 8.24. The van der Waals surface area contributed by atoms with Crippen LogP contribution < -0.4 is 10.6 Å². The fourth-order valence-electron chi connectivity index (χ4n) is 2.91. The van der Waals surface area contributed by atoms with Gasteiger partial charge in [0.1, 0.15) is 0 Å². The summed E-state index contributed by atoms with van der Waals surface area (Å²) < 4.78 is 0. The lowest BCUT2D eigenvalue weighted by Crippen LogP contribution is -2.39. The molecule has 1 saturated heterocycles. The first kappa shape index (κ1) is 17.5. The van der Waals surface area contributed by atoms with Crippen LogP contribution in [0.2, 0.25) is 0 Å². The molecule has 0 radical (unpaired) electrons. The Morgan fingerprint density at radius 2 is 1.88 bits per heavy atom. The molecule has 2 aromatic carbocycles. The largest absolute Gasteiger partial charge is 0.478 e. The zero-order chi connectivity index (χ0) is 18.5. The van der Waals surface area contributed by atoms with Crippen molar-refractivity contribution in [2.45, 2.75) is 19.0 Å². The van der Waals surface area contributed by atoms with E-state index in [1.807, 2.05) is 30.3 Å². The number of urea groups is 1. The van der Waals surface area contributed by atoms with Crippen LogP contribution >= 0.6 is 0 Å². The van der Waals surface area contributed by atoms with Crippen molar-refractivity contribution in [3.05, 3.63) is 65.7 Å². The van der Waals surface area contributed by atoms with Gasteiger partial charge in [-0.15, -0.1) is 0 Å². The van der Waals surface area contributed by atoms with Crippen molar-refractivity contribution < 1.29 is 19.5 Å². The molecular formula is C19H19N3O4. The highest BCUT2D eigenvalue weighted by Crippen LogP contribution is 2.16. The number of nitrogens with one attached hydrogen (secondary N) is 2. The molecule has 1 aliphatic rings. The lowest BCUT2D eigenvalue weighted by atomic mass is 10.2. The molecule has 1 atom stereocenters. The van der Waals surface area contributed by atoms with Gasteiger partial charge in [-0.05, 0) is 23.8 Å². The van der Waals surface area contributed by atoms with Crippen LogP contribution in [0.15, 0.2) is 54.6 Å². The maximum Gasteiger partial charge on any atom is 0.335 e. The molecule has 2 aromatic rings. The number of likely N-dealkylation sites (tertiary alicyclic amines) is 1. The Balaban J connectivity index is 1.54. The number of aromatic carboxylic acids is 1. The number of anilines is 1. The molecule has 134 valence electrons. The lowest BCUT2D eigenvalue weighted by Gasteiger charge is -2.17. The second kappa shape index (κ2) is 7.69. The predicted molar refractivity (Wildman–Crippen MR) is 95.8 cm³/mol. The summed E-state index contributed by atoms with van der Waals surface area (Å²) in [7, 11) is 0. The molecule has 26 heavy (non-hydrogen) atoms. The van der Waals surface area contributed by atoms with Crippen LogP contribution in [-0.4, -0.2) is 40.5 Å². The molecule has 0 spiro atoms. The summed E-state index contributed by atoms with van der Waals surface area (Å²) in [6.45, 7) is 0.955. The van der Waals surface area contributed by atoms with E-state index in [9.17, 15) is 14.4 Å². The second-order valence-electron chi connectivity index (χ2n) is 6.15. The molecule has 0 saturated carbocycles. The average Bonchev–Trinajstić information content (AvgIpc) is 2.95. The maximum absolute atomic E-state index is 12.1. The van der Waals surface area contributed by atoms with Gasteiger partial charge in [-0.1, -0.05) is 36.4 Å². The molecule has 3 amide bonds. The lowest BCUT2D eigenvalue weighted by molar-refractivity contribution is -0.128. The summed E-state index contributed by atoms with van der Waals surface area (Å²) in [6.07, 6.45) is 0.245. The van der Waals surface area contributed by atoms with Crippen molar-refractivity contribution in [2.75, 3.05) is 11.9 Å². The van der Waals surface area contributed by atoms with Gasteiger partial charge in [0.05, 0.1) is 11.6 Å². The van der Waals surface area contributed by atoms with Gasteiger partial charge < -0.3 is 20.6 Å². The van der Waals surface area contributed by atoms with E-state index >= 15 is 0 Å². The number of carboxylic acid groups (broad SMARTS) is 1. The molecule has 3 rings (SSSR count). The molecule has 0 aromatic heterocycles. The third-order valence-corrected chi connectivity index (χ3v) is 4.13. The maximum atomic E-state index is 12.1. The first-order valence-electron chi connectivity index (χ1n) is 8.24. The molecule has 1 aliphatic heterocycles. The fraction of sp³-hybridized carbons (Fsp3) is 0.211. The van der Waals surface area contributed by atoms with E-state index in [0.29, 0.717) is 18.8 Å². The zero-order valence-corrected chi connectivity index (χ0v) is 14.0. The van der Waals surface area contributed by atoms with Crippen LogP contribution in [0.25, 0.3) is 0 Å². The van der Waals surface area contributed by atoms with Crippen molar-refractivity contribution in [3.8, 4) is 0 Å². The molecule has 3 N–H and O–H groups in total. The highest BCUT2D eigenvalue weighted by atomic mass is 16.4. The number of carboxylic acids is 1. The Hall–Kier alpha value is -3.35. The summed E-state index contributed by atoms with van der Waals surface area (Å²) in [4.78, 5) is 36.9. The van der Waals surface area contributed by atoms with Crippen molar-refractivity contribution in [2.24, 2.45) is 0 Å². The third-order valence-electron chi connectivity index (χ3n) is 4.13. The highest BCUT2D eigenvalue weighted by molar-refractivity contribution is 5.93. The van der Waals surface area contributed by atoms with Gasteiger partial charge in [0.2, 0.25) is 5.91 Å². The standard InChI is InChI=1S/C19H19N3O4/c23-17-10-16(12-22(17)11-13-5-2-1-3-6-13)21-19(26)20-15-8-4-7-14(9-15)18(24)25/h1-9,16H,10-12H2,(H,24,25)(H2,20,21,26). The summed E-state index contributed by atoms with van der Waals surface area (Å²) in [6, 6.07) is 14.9. The quantitative estimate of drug-likeness (QED) is 0.768. The Bertz CT molecular complexity index is 823. The van der Waals surface area contributed by atoms with Gasteiger partial charge in [0.15, 0.2) is 0 Å². The average molecular weight is 353 g/mol. The number of amides is 3. The molecule has 7 heteroatoms. The van der Waals surface area contributed by atoms with E-state index in [2.05, 4.69) is 10.6 Å². The van der Waals surface area contributed by atoms with Gasteiger partial charge in [0.25, 0.3) is 0 Å². The molecule has 7 nitrogen and oxygen atoms in total. The van der Waals surface area contributed by atoms with Crippen molar-refractivity contribution in [1.29, 1.82) is 0 Å². The number of carbonyl (C=O) groups is 3. The number of hydrogen-bond acceptors (Lipinski definition) is 3. The fourth-order valence-corrected chi connectivity index (χ4v) is 2.91. The second-order valence-corrected chi connectivity index (χ2v) is 6.15.